The number of para-hydroxylation sites is 1. The highest BCUT2D eigenvalue weighted by Crippen LogP contribution is 2.18. The topological polar surface area (TPSA) is 44.3 Å². The zero-order chi connectivity index (χ0) is 14.0. The first-order valence-electron chi connectivity index (χ1n) is 7.15. The van der Waals surface area contributed by atoms with Crippen molar-refractivity contribution in [1.82, 2.24) is 0 Å². The highest BCUT2D eigenvalue weighted by molar-refractivity contribution is 5.62. The van der Waals surface area contributed by atoms with Crippen molar-refractivity contribution in [2.24, 2.45) is 0 Å². The number of hydrogen-bond acceptors (Lipinski definition) is 3. The third-order valence-electron chi connectivity index (χ3n) is 3.11. The molecule has 0 saturated heterocycles. The molecule has 20 heavy (non-hydrogen) atoms. The SMILES string of the molecule is OCCCCCNc1ccc(Nc2ccccc2)cc1. The first kappa shape index (κ1) is 14.4. The molecule has 0 unspecified atom stereocenters. The lowest BCUT2D eigenvalue weighted by Crippen LogP contribution is -2.01. The predicted molar refractivity (Wildman–Crippen MR) is 85.6 cm³/mol. The first-order valence-corrected chi connectivity index (χ1v) is 7.15. The van der Waals surface area contributed by atoms with Crippen molar-refractivity contribution in [3.63, 3.8) is 0 Å². The summed E-state index contributed by atoms with van der Waals surface area (Å²) in [5, 5.41) is 15.5. The molecule has 0 radical (unpaired) electrons. The summed E-state index contributed by atoms with van der Waals surface area (Å²) >= 11 is 0. The van der Waals surface area contributed by atoms with E-state index in [2.05, 4.69) is 34.9 Å². The summed E-state index contributed by atoms with van der Waals surface area (Å²) in [4.78, 5) is 0. The Morgan fingerprint density at radius 2 is 1.35 bits per heavy atom. The molecule has 0 fully saturated rings. The fourth-order valence-corrected chi connectivity index (χ4v) is 2.01. The van der Waals surface area contributed by atoms with Gasteiger partial charge in [0.1, 0.15) is 0 Å². The van der Waals surface area contributed by atoms with E-state index < -0.39 is 0 Å². The number of anilines is 3. The van der Waals surface area contributed by atoms with Gasteiger partial charge in [-0.1, -0.05) is 18.2 Å². The molecule has 106 valence electrons. The van der Waals surface area contributed by atoms with Gasteiger partial charge in [-0.15, -0.1) is 0 Å². The molecule has 3 nitrogen and oxygen atoms in total. The molecule has 0 aromatic heterocycles. The molecule has 0 amide bonds. The lowest BCUT2D eigenvalue weighted by atomic mass is 10.2. The van der Waals surface area contributed by atoms with Gasteiger partial charge in [0.15, 0.2) is 0 Å². The number of hydrogen-bond donors (Lipinski definition) is 3. The molecule has 0 saturated carbocycles. The van der Waals surface area contributed by atoms with Crippen molar-refractivity contribution < 1.29 is 5.11 Å². The lowest BCUT2D eigenvalue weighted by molar-refractivity contribution is 0.283. The number of aliphatic hydroxyl groups excluding tert-OH is 1. The van der Waals surface area contributed by atoms with E-state index in [9.17, 15) is 0 Å². The third-order valence-corrected chi connectivity index (χ3v) is 3.11. The molecule has 2 rings (SSSR count). The molecular weight excluding hydrogens is 248 g/mol. The number of nitrogens with one attached hydrogen (secondary N) is 2. The van der Waals surface area contributed by atoms with Crippen LogP contribution in [0.3, 0.4) is 0 Å². The average molecular weight is 270 g/mol. The minimum Gasteiger partial charge on any atom is -0.396 e. The van der Waals surface area contributed by atoms with Crippen LogP contribution in [-0.2, 0) is 0 Å². The average Bonchev–Trinajstić information content (AvgIpc) is 2.50. The Balaban J connectivity index is 1.78. The zero-order valence-corrected chi connectivity index (χ0v) is 11.7. The molecule has 3 heteroatoms. The Hall–Kier alpha value is -2.00. The normalized spacial score (nSPS) is 10.2. The molecule has 0 spiro atoms. The van der Waals surface area contributed by atoms with Crippen LogP contribution >= 0.6 is 0 Å². The maximum absolute atomic E-state index is 8.71. The molecular formula is C17H22N2O. The Morgan fingerprint density at radius 3 is 2.05 bits per heavy atom. The summed E-state index contributed by atoms with van der Waals surface area (Å²) in [6.07, 6.45) is 3.04. The molecule has 2 aromatic rings. The maximum atomic E-state index is 8.71. The van der Waals surface area contributed by atoms with Crippen LogP contribution in [0.15, 0.2) is 54.6 Å². The van der Waals surface area contributed by atoms with Crippen LogP contribution in [0, 0.1) is 0 Å². The Morgan fingerprint density at radius 1 is 0.700 bits per heavy atom. The summed E-state index contributed by atoms with van der Waals surface area (Å²) in [6, 6.07) is 18.5. The van der Waals surface area contributed by atoms with Crippen LogP contribution in [0.4, 0.5) is 17.1 Å². The van der Waals surface area contributed by atoms with E-state index >= 15 is 0 Å². The van der Waals surface area contributed by atoms with Crippen molar-refractivity contribution in [2.45, 2.75) is 19.3 Å². The molecule has 0 aliphatic heterocycles. The Labute approximate surface area is 120 Å². The summed E-state index contributed by atoms with van der Waals surface area (Å²) in [5.74, 6) is 0. The van der Waals surface area contributed by atoms with Gasteiger partial charge in [-0.05, 0) is 55.7 Å². The highest BCUT2D eigenvalue weighted by atomic mass is 16.2. The van der Waals surface area contributed by atoms with Crippen molar-refractivity contribution in [3.8, 4) is 0 Å². The van der Waals surface area contributed by atoms with E-state index in [1.54, 1.807) is 0 Å². The number of rotatable bonds is 8. The summed E-state index contributed by atoms with van der Waals surface area (Å²) < 4.78 is 0. The van der Waals surface area contributed by atoms with Gasteiger partial charge in [-0.25, -0.2) is 0 Å². The number of benzene rings is 2. The Bertz CT molecular complexity index is 482. The second-order valence-corrected chi connectivity index (χ2v) is 4.78. The fraction of sp³-hybridized carbons (Fsp3) is 0.294. The Kier molecular flexibility index (Phi) is 5.93. The van der Waals surface area contributed by atoms with Crippen LogP contribution in [0.25, 0.3) is 0 Å². The van der Waals surface area contributed by atoms with Gasteiger partial charge in [0.2, 0.25) is 0 Å². The minimum absolute atomic E-state index is 0.292. The van der Waals surface area contributed by atoms with Crippen LogP contribution < -0.4 is 10.6 Å². The molecule has 0 atom stereocenters. The quantitative estimate of drug-likeness (QED) is 0.635. The van der Waals surface area contributed by atoms with Gasteiger partial charge in [-0.2, -0.15) is 0 Å². The van der Waals surface area contributed by atoms with Gasteiger partial charge >= 0.3 is 0 Å². The van der Waals surface area contributed by atoms with E-state index in [4.69, 9.17) is 5.11 Å². The van der Waals surface area contributed by atoms with E-state index in [1.165, 1.54) is 0 Å². The smallest absolute Gasteiger partial charge is 0.0431 e. The van der Waals surface area contributed by atoms with Crippen molar-refractivity contribution >= 4 is 17.1 Å². The second kappa shape index (κ2) is 8.23. The van der Waals surface area contributed by atoms with E-state index in [0.29, 0.717) is 6.61 Å². The van der Waals surface area contributed by atoms with Crippen LogP contribution in [-0.4, -0.2) is 18.3 Å². The van der Waals surface area contributed by atoms with Gasteiger partial charge in [-0.3, -0.25) is 0 Å². The van der Waals surface area contributed by atoms with E-state index in [1.807, 2.05) is 30.3 Å². The molecule has 2 aromatic carbocycles. The second-order valence-electron chi connectivity index (χ2n) is 4.78. The molecule has 0 aliphatic rings. The van der Waals surface area contributed by atoms with Crippen molar-refractivity contribution in [2.75, 3.05) is 23.8 Å². The van der Waals surface area contributed by atoms with Crippen LogP contribution in [0.1, 0.15) is 19.3 Å². The van der Waals surface area contributed by atoms with Gasteiger partial charge in [0, 0.05) is 30.2 Å². The lowest BCUT2D eigenvalue weighted by Gasteiger charge is -2.09. The monoisotopic (exact) mass is 270 g/mol. The fourth-order valence-electron chi connectivity index (χ4n) is 2.01. The van der Waals surface area contributed by atoms with Crippen LogP contribution in [0.2, 0.25) is 0 Å². The van der Waals surface area contributed by atoms with Crippen molar-refractivity contribution in [1.29, 1.82) is 0 Å². The summed E-state index contributed by atoms with van der Waals surface area (Å²) in [6.45, 7) is 1.24. The van der Waals surface area contributed by atoms with Crippen molar-refractivity contribution in [3.05, 3.63) is 54.6 Å². The van der Waals surface area contributed by atoms with E-state index in [-0.39, 0.29) is 0 Å². The molecule has 0 aliphatic carbocycles. The number of aliphatic hydroxyl groups is 1. The minimum atomic E-state index is 0.292. The third kappa shape index (κ3) is 4.94. The standard InChI is InChI=1S/C17H22N2O/c20-14-6-2-5-13-18-15-9-11-17(12-10-15)19-16-7-3-1-4-8-16/h1,3-4,7-12,18-20H,2,5-6,13-14H2. The summed E-state index contributed by atoms with van der Waals surface area (Å²) in [5.41, 5.74) is 3.31. The summed E-state index contributed by atoms with van der Waals surface area (Å²) in [7, 11) is 0. The van der Waals surface area contributed by atoms with Gasteiger partial charge < -0.3 is 15.7 Å². The largest absolute Gasteiger partial charge is 0.396 e. The number of unbranched alkanes of at least 4 members (excludes halogenated alkanes) is 2. The molecule has 3 N–H and O–H groups in total. The van der Waals surface area contributed by atoms with Gasteiger partial charge in [0.25, 0.3) is 0 Å². The maximum Gasteiger partial charge on any atom is 0.0431 e. The van der Waals surface area contributed by atoms with Crippen LogP contribution in [0.5, 0.6) is 0 Å². The predicted octanol–water partition coefficient (Wildman–Crippen LogP) is 4.00. The highest BCUT2D eigenvalue weighted by Gasteiger charge is 1.95. The first-order chi connectivity index (χ1) is 9.88. The van der Waals surface area contributed by atoms with Gasteiger partial charge in [0.05, 0.1) is 0 Å². The molecule has 0 heterocycles. The zero-order valence-electron chi connectivity index (χ0n) is 11.7. The molecule has 0 bridgehead atoms. The van der Waals surface area contributed by atoms with E-state index in [0.717, 1.165) is 42.9 Å².